The maximum Gasteiger partial charge on any atom is 0.251 e. The van der Waals surface area contributed by atoms with Gasteiger partial charge < -0.3 is 26.2 Å². The Kier molecular flexibility index (Phi) is 7.12. The van der Waals surface area contributed by atoms with Gasteiger partial charge in [0.1, 0.15) is 12.3 Å². The molecule has 0 spiro atoms. The van der Waals surface area contributed by atoms with Crippen LogP contribution in [0.3, 0.4) is 0 Å². The Bertz CT molecular complexity index is 796. The summed E-state index contributed by atoms with van der Waals surface area (Å²) in [7, 11) is 0. The van der Waals surface area contributed by atoms with Gasteiger partial charge in [0.25, 0.3) is 5.91 Å². The molecule has 1 amide bonds. The molecular formula is C20H23N3O4. The summed E-state index contributed by atoms with van der Waals surface area (Å²) in [5, 5.41) is 20.3. The molecule has 2 rings (SSSR count). The summed E-state index contributed by atoms with van der Waals surface area (Å²) in [6.45, 7) is 1.65. The summed E-state index contributed by atoms with van der Waals surface area (Å²) < 4.78 is 0. The molecule has 6 N–H and O–H groups in total. The number of hydrogen-bond acceptors (Lipinski definition) is 6. The van der Waals surface area contributed by atoms with Crippen LogP contribution in [0.5, 0.6) is 0 Å². The summed E-state index contributed by atoms with van der Waals surface area (Å²) in [6.07, 6.45) is 1.46. The van der Waals surface area contributed by atoms with Crippen LogP contribution in [0, 0.1) is 35.5 Å². The van der Waals surface area contributed by atoms with Crippen LogP contribution in [-0.2, 0) is 4.79 Å². The Hall–Kier alpha value is -2.68. The van der Waals surface area contributed by atoms with E-state index in [4.69, 9.17) is 16.0 Å². The van der Waals surface area contributed by atoms with Crippen LogP contribution in [-0.4, -0.2) is 47.2 Å². The van der Waals surface area contributed by atoms with Crippen molar-refractivity contribution in [3.63, 3.8) is 0 Å². The van der Waals surface area contributed by atoms with Gasteiger partial charge in [-0.1, -0.05) is 11.8 Å². The van der Waals surface area contributed by atoms with Gasteiger partial charge in [0.2, 0.25) is 0 Å². The van der Waals surface area contributed by atoms with Crippen molar-refractivity contribution < 1.29 is 19.9 Å². The van der Waals surface area contributed by atoms with Gasteiger partial charge in [0, 0.05) is 30.2 Å². The van der Waals surface area contributed by atoms with Crippen molar-refractivity contribution in [1.82, 2.24) is 10.8 Å². The molecular weight excluding hydrogens is 346 g/mol. The molecule has 0 saturated heterocycles. The molecule has 1 aliphatic carbocycles. The van der Waals surface area contributed by atoms with Gasteiger partial charge in [-0.15, -0.1) is 0 Å². The molecule has 0 heterocycles. The third kappa shape index (κ3) is 5.92. The summed E-state index contributed by atoms with van der Waals surface area (Å²) in [5.74, 6) is 11.5. The van der Waals surface area contributed by atoms with Gasteiger partial charge in [0.15, 0.2) is 0 Å². The molecule has 0 radical (unpaired) electrons. The SMILES string of the molecule is CC(N)(CNO)C(C=O)NC(=O)c1ccc(C#CC#C[C@@H]2C[C@H]2CO)cc1. The third-order valence-corrected chi connectivity index (χ3v) is 4.42. The van der Waals surface area contributed by atoms with Crippen molar-refractivity contribution >= 4 is 12.2 Å². The van der Waals surface area contributed by atoms with Gasteiger partial charge >= 0.3 is 0 Å². The second kappa shape index (κ2) is 9.31. The fraction of sp³-hybridized carbons (Fsp3) is 0.400. The van der Waals surface area contributed by atoms with E-state index in [0.29, 0.717) is 17.4 Å². The van der Waals surface area contributed by atoms with Crippen molar-refractivity contribution in [2.24, 2.45) is 17.6 Å². The zero-order valence-electron chi connectivity index (χ0n) is 15.0. The largest absolute Gasteiger partial charge is 0.396 e. The normalized spacial score (nSPS) is 20.7. The first-order valence-corrected chi connectivity index (χ1v) is 8.55. The van der Waals surface area contributed by atoms with E-state index in [1.807, 2.05) is 5.48 Å². The molecule has 0 aliphatic heterocycles. The number of hydroxylamine groups is 1. The molecule has 7 heteroatoms. The van der Waals surface area contributed by atoms with Crippen LogP contribution in [0.15, 0.2) is 24.3 Å². The first-order chi connectivity index (χ1) is 12.9. The number of benzene rings is 1. The topological polar surface area (TPSA) is 125 Å². The highest BCUT2D eigenvalue weighted by Gasteiger charge is 2.34. The molecule has 0 aromatic heterocycles. The van der Waals surface area contributed by atoms with Crippen LogP contribution in [0.2, 0.25) is 0 Å². The number of nitrogens with one attached hydrogen (secondary N) is 2. The molecule has 1 aliphatic rings. The highest BCUT2D eigenvalue weighted by Crippen LogP contribution is 2.36. The van der Waals surface area contributed by atoms with Crippen LogP contribution in [0.25, 0.3) is 0 Å². The highest BCUT2D eigenvalue weighted by molar-refractivity contribution is 5.96. The molecule has 0 bridgehead atoms. The number of rotatable bonds is 7. The zero-order valence-corrected chi connectivity index (χ0v) is 15.0. The molecule has 2 unspecified atom stereocenters. The van der Waals surface area contributed by atoms with E-state index in [1.54, 1.807) is 31.2 Å². The number of carbonyl (C=O) groups is 2. The number of aldehydes is 1. The van der Waals surface area contributed by atoms with E-state index in [2.05, 4.69) is 29.0 Å². The number of amides is 1. The fourth-order valence-electron chi connectivity index (χ4n) is 2.42. The fourth-order valence-corrected chi connectivity index (χ4v) is 2.42. The minimum atomic E-state index is -1.15. The standard InChI is InChI=1S/C20H23N3O4/c1-20(21,13-22-27)18(12-25)23-19(26)15-8-6-14(7-9-15)4-2-3-5-16-10-17(16)11-24/h6-9,12,16-18,22,24,27H,10-11,13,21H2,1H3,(H,23,26)/t16-,17+,18?,20?/m1/s1. The molecule has 27 heavy (non-hydrogen) atoms. The lowest BCUT2D eigenvalue weighted by molar-refractivity contribution is -0.110. The predicted octanol–water partition coefficient (Wildman–Crippen LogP) is -0.337. The average Bonchev–Trinajstić information content (AvgIpc) is 3.42. The summed E-state index contributed by atoms with van der Waals surface area (Å²) in [4.78, 5) is 23.5. The minimum absolute atomic E-state index is 0.0633. The van der Waals surface area contributed by atoms with Crippen molar-refractivity contribution in [3.05, 3.63) is 35.4 Å². The van der Waals surface area contributed by atoms with Crippen molar-refractivity contribution in [1.29, 1.82) is 0 Å². The number of aliphatic hydroxyl groups is 1. The van der Waals surface area contributed by atoms with Crippen LogP contribution < -0.4 is 16.5 Å². The van der Waals surface area contributed by atoms with Gasteiger partial charge in [-0.3, -0.25) is 4.79 Å². The lowest BCUT2D eigenvalue weighted by Gasteiger charge is -2.30. The summed E-state index contributed by atoms with van der Waals surface area (Å²) >= 11 is 0. The van der Waals surface area contributed by atoms with Crippen molar-refractivity contribution in [2.75, 3.05) is 13.2 Å². The summed E-state index contributed by atoms with van der Waals surface area (Å²) in [5.41, 5.74) is 7.75. The summed E-state index contributed by atoms with van der Waals surface area (Å²) in [6, 6.07) is 5.59. The Labute approximate surface area is 158 Å². The molecule has 1 aromatic carbocycles. The minimum Gasteiger partial charge on any atom is -0.396 e. The van der Waals surface area contributed by atoms with E-state index >= 15 is 0 Å². The second-order valence-electron chi connectivity index (χ2n) is 6.81. The van der Waals surface area contributed by atoms with Gasteiger partial charge in [-0.05, 0) is 55.4 Å². The third-order valence-electron chi connectivity index (χ3n) is 4.42. The maximum absolute atomic E-state index is 12.3. The first kappa shape index (κ1) is 20.6. The number of aliphatic hydroxyl groups excluding tert-OH is 1. The lowest BCUT2D eigenvalue weighted by Crippen LogP contribution is -2.61. The molecule has 1 saturated carbocycles. The number of nitrogens with two attached hydrogens (primary N) is 1. The van der Waals surface area contributed by atoms with Crippen LogP contribution in [0.4, 0.5) is 0 Å². The number of hydrogen-bond donors (Lipinski definition) is 5. The van der Waals surface area contributed by atoms with Gasteiger partial charge in [0.05, 0.1) is 5.54 Å². The smallest absolute Gasteiger partial charge is 0.251 e. The first-order valence-electron chi connectivity index (χ1n) is 8.55. The molecule has 142 valence electrons. The molecule has 7 nitrogen and oxygen atoms in total. The van der Waals surface area contributed by atoms with E-state index in [1.165, 1.54) is 0 Å². The Morgan fingerprint density at radius 2 is 2.11 bits per heavy atom. The molecule has 4 atom stereocenters. The Morgan fingerprint density at radius 1 is 1.41 bits per heavy atom. The zero-order chi connectivity index (χ0) is 19.9. The van der Waals surface area contributed by atoms with Crippen LogP contribution in [0.1, 0.15) is 29.3 Å². The quantitative estimate of drug-likeness (QED) is 0.255. The van der Waals surface area contributed by atoms with E-state index in [9.17, 15) is 9.59 Å². The van der Waals surface area contributed by atoms with Crippen molar-refractivity contribution in [3.8, 4) is 23.7 Å². The maximum atomic E-state index is 12.3. The second-order valence-corrected chi connectivity index (χ2v) is 6.81. The predicted molar refractivity (Wildman–Crippen MR) is 99.5 cm³/mol. The van der Waals surface area contributed by atoms with Crippen LogP contribution >= 0.6 is 0 Å². The van der Waals surface area contributed by atoms with Gasteiger partial charge in [-0.25, -0.2) is 5.48 Å². The molecule has 1 fully saturated rings. The monoisotopic (exact) mass is 369 g/mol. The Morgan fingerprint density at radius 3 is 2.67 bits per heavy atom. The van der Waals surface area contributed by atoms with E-state index in [0.717, 1.165) is 6.42 Å². The van der Waals surface area contributed by atoms with E-state index in [-0.39, 0.29) is 25.0 Å². The van der Waals surface area contributed by atoms with Crippen molar-refractivity contribution in [2.45, 2.75) is 24.9 Å². The lowest BCUT2D eigenvalue weighted by atomic mass is 9.94. The average molecular weight is 369 g/mol. The molecule has 1 aromatic rings. The Balaban J connectivity index is 1.96. The highest BCUT2D eigenvalue weighted by atomic mass is 16.5. The number of carbonyl (C=O) groups excluding carboxylic acids is 2. The van der Waals surface area contributed by atoms with Gasteiger partial charge in [-0.2, -0.15) is 0 Å². The van der Waals surface area contributed by atoms with E-state index < -0.39 is 17.5 Å².